The van der Waals surface area contributed by atoms with E-state index < -0.39 is 16.1 Å². The van der Waals surface area contributed by atoms with Crippen molar-refractivity contribution in [2.24, 2.45) is 0 Å². The lowest BCUT2D eigenvalue weighted by Gasteiger charge is -2.11. The van der Waals surface area contributed by atoms with Crippen molar-refractivity contribution in [1.82, 2.24) is 4.72 Å². The SMILES string of the molecule is COCC(O)CCNS(=O)(=O)c1ccc(C)cc1Br. The zero-order chi connectivity index (χ0) is 14.5. The Morgan fingerprint density at radius 3 is 2.74 bits per heavy atom. The van der Waals surface area contributed by atoms with Crippen LogP contribution in [0, 0.1) is 6.92 Å². The standard InChI is InChI=1S/C12H18BrNO4S/c1-9-3-4-12(11(13)7-9)19(16,17)14-6-5-10(15)8-18-2/h3-4,7,10,14-15H,5-6,8H2,1-2H3. The first-order valence-corrected chi connectivity index (χ1v) is 8.07. The third kappa shape index (κ3) is 5.19. The molecule has 2 N–H and O–H groups in total. The molecule has 1 aromatic rings. The zero-order valence-corrected chi connectivity index (χ0v) is 13.3. The molecular formula is C12H18BrNO4S. The quantitative estimate of drug-likeness (QED) is 0.779. The molecule has 108 valence electrons. The Morgan fingerprint density at radius 2 is 2.16 bits per heavy atom. The molecule has 0 saturated carbocycles. The van der Waals surface area contributed by atoms with E-state index >= 15 is 0 Å². The van der Waals surface area contributed by atoms with Gasteiger partial charge < -0.3 is 9.84 Å². The van der Waals surface area contributed by atoms with Crippen molar-refractivity contribution in [2.45, 2.75) is 24.3 Å². The molecule has 0 saturated heterocycles. The summed E-state index contributed by atoms with van der Waals surface area (Å²) in [5.74, 6) is 0. The van der Waals surface area contributed by atoms with E-state index in [2.05, 4.69) is 20.7 Å². The largest absolute Gasteiger partial charge is 0.391 e. The van der Waals surface area contributed by atoms with Gasteiger partial charge in [-0.2, -0.15) is 0 Å². The second-order valence-electron chi connectivity index (χ2n) is 4.23. The highest BCUT2D eigenvalue weighted by Gasteiger charge is 2.17. The van der Waals surface area contributed by atoms with Gasteiger partial charge in [0.25, 0.3) is 0 Å². The van der Waals surface area contributed by atoms with E-state index in [0.717, 1.165) is 5.56 Å². The first-order valence-electron chi connectivity index (χ1n) is 5.79. The molecule has 1 rings (SSSR count). The Labute approximate surface area is 122 Å². The lowest BCUT2D eigenvalue weighted by Crippen LogP contribution is -2.28. The predicted molar refractivity (Wildman–Crippen MR) is 76.6 cm³/mol. The highest BCUT2D eigenvalue weighted by Crippen LogP contribution is 2.22. The number of nitrogens with one attached hydrogen (secondary N) is 1. The average Bonchev–Trinajstić information content (AvgIpc) is 2.28. The van der Waals surface area contributed by atoms with Crippen molar-refractivity contribution >= 4 is 26.0 Å². The number of aliphatic hydroxyl groups is 1. The maximum absolute atomic E-state index is 12.0. The number of methoxy groups -OCH3 is 1. The molecule has 0 bridgehead atoms. The van der Waals surface area contributed by atoms with Crippen molar-refractivity contribution in [2.75, 3.05) is 20.3 Å². The summed E-state index contributed by atoms with van der Waals surface area (Å²) in [6.07, 6.45) is -0.370. The van der Waals surface area contributed by atoms with Gasteiger partial charge in [-0.1, -0.05) is 6.07 Å². The molecule has 0 aliphatic rings. The van der Waals surface area contributed by atoms with E-state index in [-0.39, 0.29) is 18.0 Å². The van der Waals surface area contributed by atoms with Gasteiger partial charge in [0, 0.05) is 18.1 Å². The monoisotopic (exact) mass is 351 g/mol. The van der Waals surface area contributed by atoms with Gasteiger partial charge in [0.05, 0.1) is 17.6 Å². The van der Waals surface area contributed by atoms with E-state index in [0.29, 0.717) is 10.9 Å². The number of hydrogen-bond donors (Lipinski definition) is 2. The number of aliphatic hydroxyl groups excluding tert-OH is 1. The summed E-state index contributed by atoms with van der Waals surface area (Å²) in [6.45, 7) is 2.23. The summed E-state index contributed by atoms with van der Waals surface area (Å²) in [5, 5.41) is 9.44. The first-order chi connectivity index (χ1) is 8.86. The highest BCUT2D eigenvalue weighted by molar-refractivity contribution is 9.10. The Kier molecular flexibility index (Phi) is 6.41. The molecule has 0 fully saturated rings. The maximum atomic E-state index is 12.0. The minimum Gasteiger partial charge on any atom is -0.391 e. The number of aryl methyl sites for hydroxylation is 1. The van der Waals surface area contributed by atoms with Crippen LogP contribution in [-0.2, 0) is 14.8 Å². The zero-order valence-electron chi connectivity index (χ0n) is 10.9. The van der Waals surface area contributed by atoms with Gasteiger partial charge >= 0.3 is 0 Å². The molecule has 0 aromatic heterocycles. The summed E-state index contributed by atoms with van der Waals surface area (Å²) >= 11 is 3.24. The first kappa shape index (κ1) is 16.6. The Balaban J connectivity index is 2.66. The number of halogens is 1. The van der Waals surface area contributed by atoms with Crippen molar-refractivity contribution < 1.29 is 18.3 Å². The van der Waals surface area contributed by atoms with Crippen molar-refractivity contribution in [3.8, 4) is 0 Å². The lowest BCUT2D eigenvalue weighted by atomic mass is 10.2. The van der Waals surface area contributed by atoms with Crippen molar-refractivity contribution in [1.29, 1.82) is 0 Å². The number of ether oxygens (including phenoxy) is 1. The van der Waals surface area contributed by atoms with Crippen LogP contribution in [0.15, 0.2) is 27.6 Å². The summed E-state index contributed by atoms with van der Waals surface area (Å²) < 4.78 is 31.8. The van der Waals surface area contributed by atoms with Gasteiger partial charge in [-0.25, -0.2) is 13.1 Å². The van der Waals surface area contributed by atoms with Crippen molar-refractivity contribution in [3.63, 3.8) is 0 Å². The van der Waals surface area contributed by atoms with Crippen LogP contribution in [0.1, 0.15) is 12.0 Å². The summed E-state index contributed by atoms with van der Waals surface area (Å²) in [6, 6.07) is 5.03. The molecule has 1 unspecified atom stereocenters. The fraction of sp³-hybridized carbons (Fsp3) is 0.500. The van der Waals surface area contributed by atoms with Gasteiger partial charge in [-0.05, 0) is 47.0 Å². The minimum absolute atomic E-state index is 0.160. The van der Waals surface area contributed by atoms with Gasteiger partial charge in [0.1, 0.15) is 0 Å². The summed E-state index contributed by atoms with van der Waals surface area (Å²) in [7, 11) is -2.08. The molecule has 19 heavy (non-hydrogen) atoms. The van der Waals surface area contributed by atoms with E-state index in [9.17, 15) is 13.5 Å². The Bertz CT molecular complexity index is 518. The molecule has 0 spiro atoms. The molecule has 0 aliphatic heterocycles. The Hall–Kier alpha value is -0.470. The number of sulfonamides is 1. The minimum atomic E-state index is -3.57. The van der Waals surface area contributed by atoms with Crippen molar-refractivity contribution in [3.05, 3.63) is 28.2 Å². The summed E-state index contributed by atoms with van der Waals surface area (Å²) in [4.78, 5) is 0.194. The smallest absolute Gasteiger partial charge is 0.241 e. The fourth-order valence-corrected chi connectivity index (χ4v) is 3.77. The second kappa shape index (κ2) is 7.35. The number of hydrogen-bond acceptors (Lipinski definition) is 4. The van der Waals surface area contributed by atoms with Crippen LogP contribution in [0.3, 0.4) is 0 Å². The van der Waals surface area contributed by atoms with E-state index in [1.165, 1.54) is 7.11 Å². The average molecular weight is 352 g/mol. The van der Waals surface area contributed by atoms with Gasteiger partial charge in [-0.3, -0.25) is 0 Å². The van der Waals surface area contributed by atoms with Crippen LogP contribution in [0.2, 0.25) is 0 Å². The third-order valence-corrected chi connectivity index (χ3v) is 4.94. The molecule has 0 heterocycles. The van der Waals surface area contributed by atoms with Crippen LogP contribution in [0.25, 0.3) is 0 Å². The van der Waals surface area contributed by atoms with Crippen LogP contribution in [-0.4, -0.2) is 39.9 Å². The molecule has 0 aliphatic carbocycles. The van der Waals surface area contributed by atoms with Crippen LogP contribution >= 0.6 is 15.9 Å². The molecule has 0 radical (unpaired) electrons. The molecule has 0 amide bonds. The van der Waals surface area contributed by atoms with Crippen LogP contribution in [0.5, 0.6) is 0 Å². The number of rotatable bonds is 7. The molecule has 5 nitrogen and oxygen atoms in total. The summed E-state index contributed by atoms with van der Waals surface area (Å²) in [5.41, 5.74) is 0.973. The molecular weight excluding hydrogens is 334 g/mol. The third-order valence-electron chi connectivity index (χ3n) is 2.51. The highest BCUT2D eigenvalue weighted by atomic mass is 79.9. The number of benzene rings is 1. The van der Waals surface area contributed by atoms with Crippen LogP contribution in [0.4, 0.5) is 0 Å². The second-order valence-corrected chi connectivity index (χ2v) is 6.82. The van der Waals surface area contributed by atoms with Crippen LogP contribution < -0.4 is 4.72 Å². The van der Waals surface area contributed by atoms with E-state index in [1.54, 1.807) is 18.2 Å². The van der Waals surface area contributed by atoms with E-state index in [4.69, 9.17) is 4.74 Å². The lowest BCUT2D eigenvalue weighted by molar-refractivity contribution is 0.0603. The maximum Gasteiger partial charge on any atom is 0.241 e. The van der Waals surface area contributed by atoms with Gasteiger partial charge in [-0.15, -0.1) is 0 Å². The topological polar surface area (TPSA) is 75.6 Å². The molecule has 1 atom stereocenters. The molecule has 7 heteroatoms. The molecule has 1 aromatic carbocycles. The van der Waals surface area contributed by atoms with E-state index in [1.807, 2.05) is 6.92 Å². The fourth-order valence-electron chi connectivity index (χ4n) is 1.54. The Morgan fingerprint density at radius 1 is 1.47 bits per heavy atom. The predicted octanol–water partition coefficient (Wildman–Crippen LogP) is 1.43. The van der Waals surface area contributed by atoms with Gasteiger partial charge in [0.2, 0.25) is 10.0 Å². The normalized spacial score (nSPS) is 13.5. The van der Waals surface area contributed by atoms with Gasteiger partial charge in [0.15, 0.2) is 0 Å².